The Hall–Kier alpha value is -0.340. The van der Waals surface area contributed by atoms with E-state index in [-0.39, 0.29) is 0 Å². The van der Waals surface area contributed by atoms with Gasteiger partial charge in [-0.15, -0.1) is 0 Å². The molecule has 0 spiro atoms. The highest BCUT2D eigenvalue weighted by atomic mass is 79.9. The highest BCUT2D eigenvalue weighted by Gasteiger charge is 2.24. The minimum Gasteiger partial charge on any atom is -0.313 e. The van der Waals surface area contributed by atoms with E-state index in [1.165, 1.54) is 31.2 Å². The molecule has 0 aliphatic heterocycles. The van der Waals surface area contributed by atoms with Gasteiger partial charge in [-0.25, -0.2) is 0 Å². The monoisotopic (exact) mass is 267 g/mol. The molecule has 0 amide bonds. The summed E-state index contributed by atoms with van der Waals surface area (Å²) in [5.74, 6) is 0.830. The lowest BCUT2D eigenvalue weighted by Crippen LogP contribution is -2.23. The zero-order chi connectivity index (χ0) is 10.7. The maximum atomic E-state index is 3.48. The number of rotatable bonds is 3. The van der Waals surface area contributed by atoms with Crippen molar-refractivity contribution in [2.45, 2.75) is 31.7 Å². The third kappa shape index (κ3) is 2.61. The summed E-state index contributed by atoms with van der Waals surface area (Å²) in [6.45, 7) is 0. The van der Waals surface area contributed by atoms with Gasteiger partial charge in [0.15, 0.2) is 0 Å². The predicted molar refractivity (Wildman–Crippen MR) is 67.9 cm³/mol. The standard InChI is InChI=1S/C13H18BrN/c1-15-13(10-4-2-3-5-10)11-6-8-12(14)9-7-11/h6-10,13,15H,2-5H2,1H3. The van der Waals surface area contributed by atoms with Crippen molar-refractivity contribution in [1.82, 2.24) is 5.32 Å². The Labute approximate surface area is 100 Å². The van der Waals surface area contributed by atoms with Gasteiger partial charge in [0.25, 0.3) is 0 Å². The van der Waals surface area contributed by atoms with E-state index in [0.29, 0.717) is 6.04 Å². The molecule has 0 saturated heterocycles. The van der Waals surface area contributed by atoms with Crippen LogP contribution in [0.4, 0.5) is 0 Å². The number of benzene rings is 1. The molecule has 1 unspecified atom stereocenters. The maximum absolute atomic E-state index is 3.48. The summed E-state index contributed by atoms with van der Waals surface area (Å²) in [4.78, 5) is 0. The first-order valence-corrected chi connectivity index (χ1v) is 6.53. The third-order valence-corrected chi connectivity index (χ3v) is 3.94. The van der Waals surface area contributed by atoms with Crippen molar-refractivity contribution in [3.05, 3.63) is 34.3 Å². The van der Waals surface area contributed by atoms with Gasteiger partial charge in [-0.2, -0.15) is 0 Å². The SMILES string of the molecule is CNC(c1ccc(Br)cc1)C1CCCC1. The van der Waals surface area contributed by atoms with Crippen molar-refractivity contribution < 1.29 is 0 Å². The molecule has 1 aliphatic carbocycles. The normalized spacial score (nSPS) is 19.3. The summed E-state index contributed by atoms with van der Waals surface area (Å²) in [6.07, 6.45) is 5.56. The average molecular weight is 268 g/mol. The van der Waals surface area contributed by atoms with Crippen LogP contribution in [0.2, 0.25) is 0 Å². The van der Waals surface area contributed by atoms with E-state index in [4.69, 9.17) is 0 Å². The van der Waals surface area contributed by atoms with Gasteiger partial charge in [-0.3, -0.25) is 0 Å². The second-order valence-corrected chi connectivity index (χ2v) is 5.28. The van der Waals surface area contributed by atoms with E-state index >= 15 is 0 Å². The summed E-state index contributed by atoms with van der Waals surface area (Å²) in [5.41, 5.74) is 1.42. The van der Waals surface area contributed by atoms with Gasteiger partial charge in [-0.05, 0) is 43.5 Å². The fourth-order valence-corrected chi connectivity index (χ4v) is 2.90. The topological polar surface area (TPSA) is 12.0 Å². The van der Waals surface area contributed by atoms with E-state index in [0.717, 1.165) is 10.4 Å². The lowest BCUT2D eigenvalue weighted by atomic mass is 9.92. The van der Waals surface area contributed by atoms with Crippen LogP contribution < -0.4 is 5.32 Å². The summed E-state index contributed by atoms with van der Waals surface area (Å²) in [7, 11) is 2.07. The molecule has 15 heavy (non-hydrogen) atoms. The van der Waals surface area contributed by atoms with Crippen molar-refractivity contribution in [3.63, 3.8) is 0 Å². The van der Waals surface area contributed by atoms with Crippen molar-refractivity contribution in [2.75, 3.05) is 7.05 Å². The summed E-state index contributed by atoms with van der Waals surface area (Å²) in [5, 5.41) is 3.46. The van der Waals surface area contributed by atoms with Gasteiger partial charge in [0, 0.05) is 10.5 Å². The Morgan fingerprint density at radius 1 is 1.20 bits per heavy atom. The zero-order valence-electron chi connectivity index (χ0n) is 9.17. The molecule has 1 aliphatic rings. The van der Waals surface area contributed by atoms with Gasteiger partial charge >= 0.3 is 0 Å². The van der Waals surface area contributed by atoms with Gasteiger partial charge in [0.2, 0.25) is 0 Å². The van der Waals surface area contributed by atoms with Crippen molar-refractivity contribution in [1.29, 1.82) is 0 Å². The van der Waals surface area contributed by atoms with Gasteiger partial charge in [-0.1, -0.05) is 40.9 Å². The van der Waals surface area contributed by atoms with Crippen molar-refractivity contribution >= 4 is 15.9 Å². The minimum atomic E-state index is 0.542. The second-order valence-electron chi connectivity index (χ2n) is 4.36. The highest BCUT2D eigenvalue weighted by molar-refractivity contribution is 9.10. The molecule has 1 N–H and O–H groups in total. The first-order valence-electron chi connectivity index (χ1n) is 5.74. The first kappa shape index (κ1) is 11.2. The Morgan fingerprint density at radius 3 is 2.33 bits per heavy atom. The molecule has 0 radical (unpaired) electrons. The van der Waals surface area contributed by atoms with Gasteiger partial charge in [0.1, 0.15) is 0 Å². The third-order valence-electron chi connectivity index (χ3n) is 3.41. The Kier molecular flexibility index (Phi) is 3.81. The van der Waals surface area contributed by atoms with E-state index < -0.39 is 0 Å². The van der Waals surface area contributed by atoms with Crippen molar-refractivity contribution in [3.8, 4) is 0 Å². The molecular weight excluding hydrogens is 250 g/mol. The predicted octanol–water partition coefficient (Wildman–Crippen LogP) is 3.90. The van der Waals surface area contributed by atoms with Crippen LogP contribution in [0.15, 0.2) is 28.7 Å². The molecule has 82 valence electrons. The van der Waals surface area contributed by atoms with E-state index in [1.54, 1.807) is 0 Å². The van der Waals surface area contributed by atoms with Crippen LogP contribution in [0, 0.1) is 5.92 Å². The molecule has 1 aromatic rings. The largest absolute Gasteiger partial charge is 0.313 e. The van der Waals surface area contributed by atoms with E-state index in [2.05, 4.69) is 52.6 Å². The highest BCUT2D eigenvalue weighted by Crippen LogP contribution is 2.35. The van der Waals surface area contributed by atoms with Crippen LogP contribution in [0.3, 0.4) is 0 Å². The Bertz CT molecular complexity index is 301. The van der Waals surface area contributed by atoms with Crippen LogP contribution in [0.5, 0.6) is 0 Å². The molecule has 1 fully saturated rings. The molecule has 1 saturated carbocycles. The van der Waals surface area contributed by atoms with E-state index in [1.807, 2.05) is 0 Å². The van der Waals surface area contributed by atoms with Crippen LogP contribution in [-0.2, 0) is 0 Å². The fraction of sp³-hybridized carbons (Fsp3) is 0.538. The molecule has 0 aromatic heterocycles. The minimum absolute atomic E-state index is 0.542. The quantitative estimate of drug-likeness (QED) is 0.876. The number of hydrogen-bond donors (Lipinski definition) is 1. The molecule has 1 aromatic carbocycles. The zero-order valence-corrected chi connectivity index (χ0v) is 10.8. The lowest BCUT2D eigenvalue weighted by Gasteiger charge is -2.23. The van der Waals surface area contributed by atoms with Crippen molar-refractivity contribution in [2.24, 2.45) is 5.92 Å². The Balaban J connectivity index is 2.14. The average Bonchev–Trinajstić information content (AvgIpc) is 2.75. The summed E-state index contributed by atoms with van der Waals surface area (Å²) < 4.78 is 1.16. The van der Waals surface area contributed by atoms with Crippen LogP contribution in [-0.4, -0.2) is 7.05 Å². The Morgan fingerprint density at radius 2 is 1.80 bits per heavy atom. The molecule has 0 heterocycles. The summed E-state index contributed by atoms with van der Waals surface area (Å²) >= 11 is 3.48. The number of halogens is 1. The fourth-order valence-electron chi connectivity index (χ4n) is 2.64. The maximum Gasteiger partial charge on any atom is 0.0346 e. The van der Waals surface area contributed by atoms with E-state index in [9.17, 15) is 0 Å². The summed E-state index contributed by atoms with van der Waals surface area (Å²) in [6, 6.07) is 9.26. The molecular formula is C13H18BrN. The van der Waals surface area contributed by atoms with Crippen LogP contribution >= 0.6 is 15.9 Å². The molecule has 1 atom stereocenters. The van der Waals surface area contributed by atoms with Crippen LogP contribution in [0.1, 0.15) is 37.3 Å². The molecule has 1 nitrogen and oxygen atoms in total. The first-order chi connectivity index (χ1) is 7.31. The molecule has 2 rings (SSSR count). The molecule has 2 heteroatoms. The lowest BCUT2D eigenvalue weighted by molar-refractivity contribution is 0.390. The van der Waals surface area contributed by atoms with Gasteiger partial charge < -0.3 is 5.32 Å². The number of hydrogen-bond acceptors (Lipinski definition) is 1. The number of nitrogens with one attached hydrogen (secondary N) is 1. The molecule has 0 bridgehead atoms. The van der Waals surface area contributed by atoms with Crippen LogP contribution in [0.25, 0.3) is 0 Å². The second kappa shape index (κ2) is 5.13. The van der Waals surface area contributed by atoms with Gasteiger partial charge in [0.05, 0.1) is 0 Å². The smallest absolute Gasteiger partial charge is 0.0346 e.